The van der Waals surface area contributed by atoms with Crippen LogP contribution in [0.1, 0.15) is 328 Å². The van der Waals surface area contributed by atoms with E-state index < -0.39 is 49.5 Å². The highest BCUT2D eigenvalue weighted by molar-refractivity contribution is 5.76. The smallest absolute Gasteiger partial charge is 0.220 e. The van der Waals surface area contributed by atoms with Gasteiger partial charge in [0.15, 0.2) is 6.29 Å². The number of carbonyl (C=O) groups is 1. The number of unbranched alkanes of at least 4 members (excludes halogenated alkanes) is 45. The van der Waals surface area contributed by atoms with Crippen LogP contribution < -0.4 is 5.32 Å². The molecule has 9 nitrogen and oxygen atoms in total. The first-order valence-corrected chi connectivity index (χ1v) is 32.6. The molecule has 0 spiro atoms. The minimum Gasteiger partial charge on any atom is -0.394 e. The molecule has 1 aliphatic heterocycles. The standard InChI is InChI=1S/C65H125NO8/c1-3-5-7-9-11-13-15-17-19-21-22-23-24-25-26-27-28-29-30-31-32-33-34-35-36-37-38-39-41-43-45-47-49-51-53-55-61(69)66-58(57-73-65-64(72)63(71)62(70)60(56-67)74-65)59(68)54-52-50-48-46-44-42-40-20-18-16-14-12-10-8-6-4-2/h27-28,52,54,58-60,62-65,67-68,70-72H,3-26,29-51,53,55-57H2,1-2H3,(H,66,69)/b28-27-,54-52+. The van der Waals surface area contributed by atoms with Crippen molar-refractivity contribution in [1.29, 1.82) is 0 Å². The first kappa shape index (κ1) is 70.7. The quantitative estimate of drug-likeness (QED) is 0.0261. The maximum absolute atomic E-state index is 13.1. The highest BCUT2D eigenvalue weighted by Gasteiger charge is 2.44. The van der Waals surface area contributed by atoms with Crippen LogP contribution in [0.2, 0.25) is 0 Å². The second kappa shape index (κ2) is 55.0. The van der Waals surface area contributed by atoms with Crippen molar-refractivity contribution in [3.63, 3.8) is 0 Å². The predicted molar refractivity (Wildman–Crippen MR) is 314 cm³/mol. The Hall–Kier alpha value is -1.33. The van der Waals surface area contributed by atoms with Crippen LogP contribution in [-0.2, 0) is 14.3 Å². The number of aliphatic hydroxyl groups is 5. The lowest BCUT2D eigenvalue weighted by Crippen LogP contribution is -2.60. The van der Waals surface area contributed by atoms with Crippen LogP contribution in [0, 0.1) is 0 Å². The molecule has 6 N–H and O–H groups in total. The minimum absolute atomic E-state index is 0.171. The van der Waals surface area contributed by atoms with Crippen molar-refractivity contribution in [3.05, 3.63) is 24.3 Å². The maximum Gasteiger partial charge on any atom is 0.220 e. The Bertz CT molecular complexity index is 1210. The zero-order chi connectivity index (χ0) is 53.6. The molecule has 7 atom stereocenters. The molecule has 1 fully saturated rings. The molecule has 0 radical (unpaired) electrons. The molecule has 1 saturated heterocycles. The molecule has 0 aromatic heterocycles. The van der Waals surface area contributed by atoms with E-state index in [1.165, 1.54) is 270 Å². The van der Waals surface area contributed by atoms with Gasteiger partial charge in [-0.15, -0.1) is 0 Å². The molecule has 438 valence electrons. The van der Waals surface area contributed by atoms with E-state index >= 15 is 0 Å². The Morgan fingerprint density at radius 1 is 0.446 bits per heavy atom. The number of rotatable bonds is 57. The fourth-order valence-corrected chi connectivity index (χ4v) is 10.6. The van der Waals surface area contributed by atoms with Gasteiger partial charge in [0.2, 0.25) is 5.91 Å². The average molecular weight is 1050 g/mol. The second-order valence-electron chi connectivity index (χ2n) is 22.9. The topological polar surface area (TPSA) is 149 Å². The van der Waals surface area contributed by atoms with Crippen LogP contribution in [0.25, 0.3) is 0 Å². The summed E-state index contributed by atoms with van der Waals surface area (Å²) in [6, 6.07) is -0.802. The molecule has 1 rings (SSSR count). The van der Waals surface area contributed by atoms with Gasteiger partial charge in [0, 0.05) is 6.42 Å². The van der Waals surface area contributed by atoms with Gasteiger partial charge in [-0.1, -0.05) is 301 Å². The van der Waals surface area contributed by atoms with Gasteiger partial charge in [0.05, 0.1) is 25.4 Å². The molecule has 1 amide bonds. The van der Waals surface area contributed by atoms with Crippen LogP contribution in [0.3, 0.4) is 0 Å². The van der Waals surface area contributed by atoms with Crippen molar-refractivity contribution >= 4 is 5.91 Å². The monoisotopic (exact) mass is 1050 g/mol. The van der Waals surface area contributed by atoms with Gasteiger partial charge >= 0.3 is 0 Å². The SMILES string of the molecule is CCCCCCCCCCCCCCCC/C=C\CCCCCCCCCCCCCCCCCCCC(=O)NC(COC1OC(CO)C(O)C(O)C1O)C(O)/C=C/CCCCCCCCCCCCCCCC. The summed E-state index contributed by atoms with van der Waals surface area (Å²) in [5, 5.41) is 54.6. The molecule has 1 aliphatic rings. The third kappa shape index (κ3) is 43.6. The van der Waals surface area contributed by atoms with Gasteiger partial charge in [-0.2, -0.15) is 0 Å². The molecular formula is C65H125NO8. The van der Waals surface area contributed by atoms with E-state index in [4.69, 9.17) is 9.47 Å². The number of allylic oxidation sites excluding steroid dienone is 3. The molecule has 0 aromatic rings. The lowest BCUT2D eigenvalue weighted by atomic mass is 9.99. The molecule has 7 unspecified atom stereocenters. The number of aliphatic hydroxyl groups excluding tert-OH is 5. The van der Waals surface area contributed by atoms with Crippen LogP contribution in [0.15, 0.2) is 24.3 Å². The van der Waals surface area contributed by atoms with E-state index in [0.717, 1.165) is 38.5 Å². The van der Waals surface area contributed by atoms with Crippen molar-refractivity contribution in [1.82, 2.24) is 5.32 Å². The van der Waals surface area contributed by atoms with E-state index in [-0.39, 0.29) is 12.5 Å². The van der Waals surface area contributed by atoms with E-state index in [0.29, 0.717) is 6.42 Å². The second-order valence-corrected chi connectivity index (χ2v) is 22.9. The number of hydrogen-bond acceptors (Lipinski definition) is 8. The molecule has 0 bridgehead atoms. The van der Waals surface area contributed by atoms with Gasteiger partial charge in [-0.25, -0.2) is 0 Å². The van der Waals surface area contributed by atoms with Gasteiger partial charge < -0.3 is 40.3 Å². The molecule has 9 heteroatoms. The molecule has 74 heavy (non-hydrogen) atoms. The van der Waals surface area contributed by atoms with Crippen molar-refractivity contribution in [3.8, 4) is 0 Å². The van der Waals surface area contributed by atoms with Crippen LogP contribution in [-0.4, -0.2) is 87.5 Å². The lowest BCUT2D eigenvalue weighted by Gasteiger charge is -2.40. The summed E-state index contributed by atoms with van der Waals surface area (Å²) in [7, 11) is 0. The predicted octanol–water partition coefficient (Wildman–Crippen LogP) is 16.9. The maximum atomic E-state index is 13.1. The zero-order valence-electron chi connectivity index (χ0n) is 48.9. The lowest BCUT2D eigenvalue weighted by molar-refractivity contribution is -0.302. The van der Waals surface area contributed by atoms with Gasteiger partial charge in [0.25, 0.3) is 0 Å². The Morgan fingerprint density at radius 3 is 1.09 bits per heavy atom. The van der Waals surface area contributed by atoms with Gasteiger partial charge in [-0.3, -0.25) is 4.79 Å². The van der Waals surface area contributed by atoms with Crippen LogP contribution >= 0.6 is 0 Å². The van der Waals surface area contributed by atoms with Crippen LogP contribution in [0.5, 0.6) is 0 Å². The number of nitrogens with one attached hydrogen (secondary N) is 1. The summed E-state index contributed by atoms with van der Waals surface area (Å²) in [6.45, 7) is 3.82. The summed E-state index contributed by atoms with van der Waals surface area (Å²) < 4.78 is 11.3. The summed E-state index contributed by atoms with van der Waals surface area (Å²) in [5.74, 6) is -0.171. The third-order valence-corrected chi connectivity index (χ3v) is 15.8. The summed E-state index contributed by atoms with van der Waals surface area (Å²) in [6.07, 6.45) is 64.2. The fraction of sp³-hybridized carbons (Fsp3) is 0.923. The number of ether oxygens (including phenoxy) is 2. The Labute approximate surface area is 458 Å². The van der Waals surface area contributed by atoms with E-state index in [2.05, 4.69) is 31.3 Å². The number of amides is 1. The minimum atomic E-state index is -1.56. The Morgan fingerprint density at radius 2 is 0.757 bits per heavy atom. The normalized spacial score (nSPS) is 19.0. The Balaban J connectivity index is 2.08. The molecule has 0 aromatic carbocycles. The fourth-order valence-electron chi connectivity index (χ4n) is 10.6. The molecule has 1 heterocycles. The molecule has 0 aliphatic carbocycles. The highest BCUT2D eigenvalue weighted by atomic mass is 16.7. The number of carbonyl (C=O) groups excluding carboxylic acids is 1. The van der Waals surface area contributed by atoms with Crippen LogP contribution in [0.4, 0.5) is 0 Å². The number of hydrogen-bond donors (Lipinski definition) is 6. The summed E-state index contributed by atoms with van der Waals surface area (Å²) in [4.78, 5) is 13.1. The Kier molecular flexibility index (Phi) is 52.5. The van der Waals surface area contributed by atoms with E-state index in [1.54, 1.807) is 6.08 Å². The first-order valence-electron chi connectivity index (χ1n) is 32.6. The van der Waals surface area contributed by atoms with E-state index in [1.807, 2.05) is 6.08 Å². The average Bonchev–Trinajstić information content (AvgIpc) is 3.40. The molecular weight excluding hydrogens is 923 g/mol. The first-order chi connectivity index (χ1) is 36.3. The summed E-state index contributed by atoms with van der Waals surface area (Å²) >= 11 is 0. The van der Waals surface area contributed by atoms with E-state index in [9.17, 15) is 30.3 Å². The van der Waals surface area contributed by atoms with Gasteiger partial charge in [0.1, 0.15) is 24.4 Å². The summed E-state index contributed by atoms with van der Waals surface area (Å²) in [5.41, 5.74) is 0. The largest absolute Gasteiger partial charge is 0.394 e. The highest BCUT2D eigenvalue weighted by Crippen LogP contribution is 2.23. The third-order valence-electron chi connectivity index (χ3n) is 15.8. The van der Waals surface area contributed by atoms with Gasteiger partial charge in [-0.05, 0) is 44.9 Å². The molecule has 0 saturated carbocycles. The van der Waals surface area contributed by atoms with Crippen molar-refractivity contribution in [2.75, 3.05) is 13.2 Å². The van der Waals surface area contributed by atoms with Crippen molar-refractivity contribution in [2.45, 2.75) is 371 Å². The van der Waals surface area contributed by atoms with Crippen molar-refractivity contribution < 1.29 is 39.8 Å². The van der Waals surface area contributed by atoms with Crippen molar-refractivity contribution in [2.24, 2.45) is 0 Å². The zero-order valence-corrected chi connectivity index (χ0v) is 48.9.